The van der Waals surface area contributed by atoms with E-state index >= 15 is 0 Å². The molecule has 4 aromatic rings. The number of rotatable bonds is 5. The Morgan fingerprint density at radius 3 is 2.43 bits per heavy atom. The minimum absolute atomic E-state index is 0.0983. The number of aromatic nitrogens is 3. The number of amides is 1. The van der Waals surface area contributed by atoms with Crippen molar-refractivity contribution in [3.8, 4) is 11.3 Å². The van der Waals surface area contributed by atoms with E-state index in [-0.39, 0.29) is 22.9 Å². The molecule has 0 aliphatic rings. The van der Waals surface area contributed by atoms with Crippen molar-refractivity contribution in [1.29, 1.82) is 0 Å². The Bertz CT molecular complexity index is 1190. The number of benzene rings is 2. The molecule has 0 bridgehead atoms. The second-order valence-corrected chi connectivity index (χ2v) is 7.13. The number of nitrogens with zero attached hydrogens (tertiary/aromatic N) is 3. The number of hydrogen-bond acceptors (Lipinski definition) is 3. The molecule has 0 radical (unpaired) electrons. The number of hydrogen-bond donors (Lipinski definition) is 1. The van der Waals surface area contributed by atoms with Crippen LogP contribution in [-0.2, 0) is 0 Å². The van der Waals surface area contributed by atoms with Crippen LogP contribution in [0.5, 0.6) is 0 Å². The lowest BCUT2D eigenvalue weighted by molar-refractivity contribution is 0.0941. The number of fused-ring (bicyclic) bond motifs is 1. The predicted octanol–water partition coefficient (Wildman–Crippen LogP) is 5.13. The summed E-state index contributed by atoms with van der Waals surface area (Å²) in [6.07, 6.45) is -1.49. The van der Waals surface area contributed by atoms with Crippen molar-refractivity contribution in [1.82, 2.24) is 19.9 Å². The molecule has 1 unspecified atom stereocenters. The Kier molecular flexibility index (Phi) is 5.27. The lowest BCUT2D eigenvalue weighted by Crippen LogP contribution is -2.26. The Labute approximate surface area is 172 Å². The molecule has 0 fully saturated rings. The second-order valence-electron chi connectivity index (χ2n) is 7.13. The van der Waals surface area contributed by atoms with Gasteiger partial charge < -0.3 is 5.32 Å². The Hall–Kier alpha value is -3.61. The molecule has 1 atom stereocenters. The lowest BCUT2D eigenvalue weighted by Gasteiger charge is -2.14. The molecule has 2 aromatic heterocycles. The first-order valence-corrected chi connectivity index (χ1v) is 9.53. The molecular weight excluding hydrogens is 386 g/mol. The van der Waals surface area contributed by atoms with Crippen molar-refractivity contribution in [2.45, 2.75) is 26.3 Å². The third-order valence-corrected chi connectivity index (χ3v) is 4.96. The van der Waals surface area contributed by atoms with Crippen LogP contribution in [0.2, 0.25) is 0 Å². The summed E-state index contributed by atoms with van der Waals surface area (Å²) in [5.41, 5.74) is 2.97. The Morgan fingerprint density at radius 1 is 1.07 bits per heavy atom. The van der Waals surface area contributed by atoms with Gasteiger partial charge in [0.15, 0.2) is 5.65 Å². The smallest absolute Gasteiger partial charge is 0.280 e. The van der Waals surface area contributed by atoms with Gasteiger partial charge in [-0.3, -0.25) is 4.79 Å². The van der Waals surface area contributed by atoms with Gasteiger partial charge in [0.05, 0.1) is 17.9 Å². The van der Waals surface area contributed by atoms with E-state index in [1.54, 1.807) is 0 Å². The van der Waals surface area contributed by atoms with Gasteiger partial charge in [-0.1, -0.05) is 60.2 Å². The highest BCUT2D eigenvalue weighted by molar-refractivity contribution is 6.00. The molecule has 152 valence electrons. The molecule has 1 amide bonds. The van der Waals surface area contributed by atoms with Crippen molar-refractivity contribution in [3.63, 3.8) is 0 Å². The molecule has 1 N–H and O–H groups in total. The molecule has 5 nitrogen and oxygen atoms in total. The summed E-state index contributed by atoms with van der Waals surface area (Å²) in [4.78, 5) is 17.4. The van der Waals surface area contributed by atoms with Crippen molar-refractivity contribution >= 4 is 11.6 Å². The van der Waals surface area contributed by atoms with Crippen LogP contribution < -0.4 is 5.32 Å². The van der Waals surface area contributed by atoms with Gasteiger partial charge in [-0.05, 0) is 25.5 Å². The van der Waals surface area contributed by atoms with Crippen LogP contribution >= 0.6 is 0 Å². The van der Waals surface area contributed by atoms with E-state index < -0.39 is 12.3 Å². The van der Waals surface area contributed by atoms with E-state index in [1.165, 1.54) is 12.3 Å². The van der Waals surface area contributed by atoms with Crippen LogP contribution in [0.25, 0.3) is 16.9 Å². The van der Waals surface area contributed by atoms with Gasteiger partial charge in [0.2, 0.25) is 0 Å². The fraction of sp³-hybridized carbons (Fsp3) is 0.174. The lowest BCUT2D eigenvalue weighted by atomic mass is 10.1. The van der Waals surface area contributed by atoms with E-state index in [2.05, 4.69) is 15.4 Å². The van der Waals surface area contributed by atoms with E-state index in [0.29, 0.717) is 11.3 Å². The van der Waals surface area contributed by atoms with Crippen molar-refractivity contribution in [2.75, 3.05) is 0 Å². The molecule has 7 heteroatoms. The molecule has 2 heterocycles. The zero-order chi connectivity index (χ0) is 21.3. The molecule has 0 aliphatic carbocycles. The van der Waals surface area contributed by atoms with Gasteiger partial charge >= 0.3 is 0 Å². The van der Waals surface area contributed by atoms with Crippen LogP contribution in [-0.4, -0.2) is 20.5 Å². The third-order valence-electron chi connectivity index (χ3n) is 4.96. The van der Waals surface area contributed by atoms with Gasteiger partial charge in [-0.2, -0.15) is 5.10 Å². The zero-order valence-electron chi connectivity index (χ0n) is 16.5. The van der Waals surface area contributed by atoms with Crippen LogP contribution in [0.1, 0.15) is 46.6 Å². The van der Waals surface area contributed by atoms with Crippen LogP contribution in [0.4, 0.5) is 8.78 Å². The Balaban J connectivity index is 1.75. The summed E-state index contributed by atoms with van der Waals surface area (Å²) in [6, 6.07) is 17.9. The minimum Gasteiger partial charge on any atom is -0.345 e. The molecule has 0 spiro atoms. The summed E-state index contributed by atoms with van der Waals surface area (Å²) >= 11 is 0. The first kappa shape index (κ1) is 19.7. The molecule has 4 rings (SSSR count). The quantitative estimate of drug-likeness (QED) is 0.500. The highest BCUT2D eigenvalue weighted by Crippen LogP contribution is 2.27. The SMILES string of the molecule is Cc1ccc(-c2cc(C(F)F)n3ncc(C(=O)NC(C)c4ccccc4)c3n2)cc1. The number of aryl methyl sites for hydroxylation is 1. The van der Waals surface area contributed by atoms with Gasteiger partial charge in [0, 0.05) is 5.56 Å². The molecule has 2 aromatic carbocycles. The van der Waals surface area contributed by atoms with Crippen molar-refractivity contribution < 1.29 is 13.6 Å². The van der Waals surface area contributed by atoms with Crippen LogP contribution in [0, 0.1) is 6.92 Å². The number of nitrogens with one attached hydrogen (secondary N) is 1. The van der Waals surface area contributed by atoms with Gasteiger partial charge in [-0.25, -0.2) is 18.3 Å². The number of alkyl halides is 2. The largest absolute Gasteiger partial charge is 0.345 e. The van der Waals surface area contributed by atoms with Gasteiger partial charge in [-0.15, -0.1) is 0 Å². The fourth-order valence-corrected chi connectivity index (χ4v) is 3.27. The average molecular weight is 406 g/mol. The monoisotopic (exact) mass is 406 g/mol. The second kappa shape index (κ2) is 8.02. The van der Waals surface area contributed by atoms with Crippen molar-refractivity contribution in [3.05, 3.63) is 89.2 Å². The molecule has 0 aliphatic heterocycles. The van der Waals surface area contributed by atoms with E-state index in [0.717, 1.165) is 15.6 Å². The average Bonchev–Trinajstić information content (AvgIpc) is 3.18. The van der Waals surface area contributed by atoms with Crippen LogP contribution in [0.3, 0.4) is 0 Å². The summed E-state index contributed by atoms with van der Waals surface area (Å²) in [5.74, 6) is -0.421. The number of carbonyl (C=O) groups is 1. The van der Waals surface area contributed by atoms with Crippen LogP contribution in [0.15, 0.2) is 66.9 Å². The normalized spacial score (nSPS) is 12.3. The van der Waals surface area contributed by atoms with E-state index in [4.69, 9.17) is 0 Å². The fourth-order valence-electron chi connectivity index (χ4n) is 3.27. The zero-order valence-corrected chi connectivity index (χ0v) is 16.5. The summed E-state index contributed by atoms with van der Waals surface area (Å²) < 4.78 is 28.5. The summed E-state index contributed by atoms with van der Waals surface area (Å²) in [6.45, 7) is 3.80. The van der Waals surface area contributed by atoms with Gasteiger partial charge in [0.1, 0.15) is 11.3 Å². The maximum atomic E-state index is 13.7. The topological polar surface area (TPSA) is 59.3 Å². The van der Waals surface area contributed by atoms with Crippen molar-refractivity contribution in [2.24, 2.45) is 0 Å². The van der Waals surface area contributed by atoms with E-state index in [9.17, 15) is 13.6 Å². The molecule has 30 heavy (non-hydrogen) atoms. The van der Waals surface area contributed by atoms with E-state index in [1.807, 2.05) is 68.4 Å². The third kappa shape index (κ3) is 3.78. The number of halogens is 2. The minimum atomic E-state index is -2.77. The number of carbonyl (C=O) groups excluding carboxylic acids is 1. The predicted molar refractivity (Wildman–Crippen MR) is 110 cm³/mol. The standard InChI is InChI=1S/C23H20F2N4O/c1-14-8-10-17(11-9-14)19-12-20(21(24)25)29-22(28-19)18(13-26-29)23(30)27-15(2)16-6-4-3-5-7-16/h3-13,15,21H,1-2H3,(H,27,30). The highest BCUT2D eigenvalue weighted by atomic mass is 19.3. The highest BCUT2D eigenvalue weighted by Gasteiger charge is 2.22. The maximum absolute atomic E-state index is 13.7. The summed E-state index contributed by atoms with van der Waals surface area (Å²) in [5, 5.41) is 6.89. The molecular formula is C23H20F2N4O. The maximum Gasteiger partial charge on any atom is 0.280 e. The molecule has 0 saturated heterocycles. The Morgan fingerprint density at radius 2 is 1.77 bits per heavy atom. The summed E-state index contributed by atoms with van der Waals surface area (Å²) in [7, 11) is 0. The van der Waals surface area contributed by atoms with Gasteiger partial charge in [0.25, 0.3) is 12.3 Å². The molecule has 0 saturated carbocycles. The first-order valence-electron chi connectivity index (χ1n) is 9.53. The first-order chi connectivity index (χ1) is 14.4.